The summed E-state index contributed by atoms with van der Waals surface area (Å²) in [6.07, 6.45) is 0. The van der Waals surface area contributed by atoms with E-state index in [9.17, 15) is 14.9 Å². The van der Waals surface area contributed by atoms with Gasteiger partial charge in [-0.1, -0.05) is 6.07 Å². The van der Waals surface area contributed by atoms with E-state index in [1.54, 1.807) is 24.1 Å². The van der Waals surface area contributed by atoms with Gasteiger partial charge in [0.05, 0.1) is 6.54 Å². The number of piperazine rings is 1. The minimum Gasteiger partial charge on any atom is -0.466 e. The highest BCUT2D eigenvalue weighted by Gasteiger charge is 2.20. The number of anilines is 3. The van der Waals surface area contributed by atoms with Gasteiger partial charge in [0.25, 0.3) is 12.4 Å². The number of hydrogen-bond donors (Lipinski definition) is 1. The van der Waals surface area contributed by atoms with Gasteiger partial charge in [-0.15, -0.1) is 0 Å². The molecule has 1 aliphatic rings. The van der Waals surface area contributed by atoms with Crippen molar-refractivity contribution >= 4 is 41.7 Å². The van der Waals surface area contributed by atoms with Gasteiger partial charge in [0.15, 0.2) is 0 Å². The Bertz CT molecular complexity index is 1300. The molecule has 2 heterocycles. The smallest absolute Gasteiger partial charge is 0.293 e. The van der Waals surface area contributed by atoms with Crippen LogP contribution >= 0.6 is 11.9 Å². The Hall–Kier alpha value is -4.14. The van der Waals surface area contributed by atoms with Crippen LogP contribution in [0.4, 0.5) is 17.3 Å². The van der Waals surface area contributed by atoms with Gasteiger partial charge in [-0.3, -0.25) is 9.59 Å². The van der Waals surface area contributed by atoms with Gasteiger partial charge >= 0.3 is 0 Å². The van der Waals surface area contributed by atoms with Crippen LogP contribution < -0.4 is 15.1 Å². The monoisotopic (exact) mass is 531 g/mol. The van der Waals surface area contributed by atoms with Crippen molar-refractivity contribution in [3.63, 3.8) is 0 Å². The first-order valence-corrected chi connectivity index (χ1v) is 12.9. The summed E-state index contributed by atoms with van der Waals surface area (Å²) in [6, 6.07) is 18.9. The second-order valence-corrected chi connectivity index (χ2v) is 9.90. The Morgan fingerprint density at radius 2 is 1.92 bits per heavy atom. The molecule has 0 radical (unpaired) electrons. The van der Waals surface area contributed by atoms with Crippen molar-refractivity contribution in [2.45, 2.75) is 11.8 Å². The van der Waals surface area contributed by atoms with Gasteiger partial charge in [-0.2, -0.15) is 5.26 Å². The predicted octanol–water partition coefficient (Wildman–Crippen LogP) is 3.35. The summed E-state index contributed by atoms with van der Waals surface area (Å²) in [4.78, 5) is 37.1. The molecule has 38 heavy (non-hydrogen) atoms. The van der Waals surface area contributed by atoms with Crippen LogP contribution in [-0.2, 0) is 9.53 Å². The fourth-order valence-electron chi connectivity index (χ4n) is 3.93. The molecule has 0 spiro atoms. The standard InChI is InChI=1S/C27H29N7O3S/c1-20-16-23(18-28)31-27(29-20)33-10-12-34(13-11-33)38-25-8-6-22(7-9-25)30-26(36)21-4-3-5-24(17-21)32(2)14-15-37-19-35/h3-9,16-17,19H,10-15H2,1-2H3,(H,30,36). The molecular formula is C27H29N7O3S. The molecule has 0 bridgehead atoms. The van der Waals surface area contributed by atoms with Gasteiger partial charge in [0.1, 0.15) is 18.4 Å². The number of carbonyl (C=O) groups is 2. The van der Waals surface area contributed by atoms with E-state index in [2.05, 4.69) is 30.6 Å². The van der Waals surface area contributed by atoms with E-state index in [4.69, 9.17) is 4.74 Å². The van der Waals surface area contributed by atoms with E-state index in [-0.39, 0.29) is 12.5 Å². The van der Waals surface area contributed by atoms with Crippen LogP contribution in [0.5, 0.6) is 0 Å². The summed E-state index contributed by atoms with van der Waals surface area (Å²) in [6.45, 7) is 6.30. The third-order valence-electron chi connectivity index (χ3n) is 5.99. The minimum absolute atomic E-state index is 0.196. The second kappa shape index (κ2) is 12.9. The molecule has 1 fully saturated rings. The molecule has 0 aliphatic carbocycles. The Kier molecular flexibility index (Phi) is 9.13. The van der Waals surface area contributed by atoms with Crippen LogP contribution in [0.2, 0.25) is 0 Å². The SMILES string of the molecule is Cc1cc(C#N)nc(N2CCN(Sc3ccc(NC(=O)c4cccc(N(C)CCOC=O)c4)cc3)CC2)n1. The van der Waals surface area contributed by atoms with E-state index in [0.29, 0.717) is 35.9 Å². The maximum absolute atomic E-state index is 12.8. The molecule has 1 saturated heterocycles. The van der Waals surface area contributed by atoms with Crippen molar-refractivity contribution in [2.75, 3.05) is 61.5 Å². The van der Waals surface area contributed by atoms with E-state index in [1.165, 1.54) is 0 Å². The third-order valence-corrected chi connectivity index (χ3v) is 7.09. The second-order valence-electron chi connectivity index (χ2n) is 8.73. The summed E-state index contributed by atoms with van der Waals surface area (Å²) < 4.78 is 7.04. The first-order chi connectivity index (χ1) is 18.4. The largest absolute Gasteiger partial charge is 0.466 e. The number of likely N-dealkylation sites (N-methyl/N-ethyl adjacent to an activating group) is 1. The van der Waals surface area contributed by atoms with Gasteiger partial charge in [-0.05, 0) is 67.4 Å². The van der Waals surface area contributed by atoms with Crippen molar-refractivity contribution in [1.82, 2.24) is 14.3 Å². The average Bonchev–Trinajstić information content (AvgIpc) is 2.94. The molecule has 1 aliphatic heterocycles. The molecular weight excluding hydrogens is 502 g/mol. The van der Waals surface area contributed by atoms with Crippen LogP contribution in [0, 0.1) is 18.3 Å². The van der Waals surface area contributed by atoms with Crippen molar-refractivity contribution in [1.29, 1.82) is 5.26 Å². The Morgan fingerprint density at radius 3 is 2.63 bits per heavy atom. The van der Waals surface area contributed by atoms with Crippen molar-refractivity contribution in [3.8, 4) is 6.07 Å². The number of rotatable bonds is 10. The van der Waals surface area contributed by atoms with Crippen LogP contribution in [0.25, 0.3) is 0 Å². The topological polar surface area (TPSA) is 115 Å². The van der Waals surface area contributed by atoms with Crippen molar-refractivity contribution in [3.05, 3.63) is 71.5 Å². The number of nitrogens with zero attached hydrogens (tertiary/aromatic N) is 6. The lowest BCUT2D eigenvalue weighted by Gasteiger charge is -2.33. The van der Waals surface area contributed by atoms with Crippen LogP contribution in [0.15, 0.2) is 59.5 Å². The summed E-state index contributed by atoms with van der Waals surface area (Å²) in [5.41, 5.74) is 3.29. The summed E-state index contributed by atoms with van der Waals surface area (Å²) in [5, 5.41) is 12.1. The number of carbonyl (C=O) groups excluding carboxylic acids is 2. The third kappa shape index (κ3) is 7.21. The first kappa shape index (κ1) is 26.9. The lowest BCUT2D eigenvalue weighted by atomic mass is 10.1. The molecule has 10 nitrogen and oxygen atoms in total. The van der Waals surface area contributed by atoms with Gasteiger partial charge in [0, 0.05) is 60.8 Å². The molecule has 196 valence electrons. The zero-order valence-corrected chi connectivity index (χ0v) is 22.1. The van der Waals surface area contributed by atoms with Crippen LogP contribution in [0.1, 0.15) is 21.7 Å². The number of nitrogens with one attached hydrogen (secondary N) is 1. The van der Waals surface area contributed by atoms with Crippen molar-refractivity contribution in [2.24, 2.45) is 0 Å². The van der Waals surface area contributed by atoms with Crippen molar-refractivity contribution < 1.29 is 14.3 Å². The van der Waals surface area contributed by atoms with E-state index >= 15 is 0 Å². The molecule has 1 aromatic heterocycles. The fourth-order valence-corrected chi connectivity index (χ4v) is 4.84. The highest BCUT2D eigenvalue weighted by atomic mass is 32.2. The fraction of sp³-hybridized carbons (Fsp3) is 0.296. The van der Waals surface area contributed by atoms with Crippen LogP contribution in [0.3, 0.4) is 0 Å². The predicted molar refractivity (Wildman–Crippen MR) is 147 cm³/mol. The van der Waals surface area contributed by atoms with Crippen LogP contribution in [-0.4, -0.2) is 73.0 Å². The van der Waals surface area contributed by atoms with E-state index < -0.39 is 0 Å². The van der Waals surface area contributed by atoms with Gasteiger partial charge in [0.2, 0.25) is 5.95 Å². The maximum Gasteiger partial charge on any atom is 0.293 e. The lowest BCUT2D eigenvalue weighted by Crippen LogP contribution is -2.44. The molecule has 11 heteroatoms. The number of aryl methyl sites for hydroxylation is 1. The minimum atomic E-state index is -0.196. The van der Waals surface area contributed by atoms with Gasteiger partial charge in [-0.25, -0.2) is 14.3 Å². The quantitative estimate of drug-likeness (QED) is 0.237. The number of hydrogen-bond acceptors (Lipinski definition) is 10. The summed E-state index contributed by atoms with van der Waals surface area (Å²) in [5.74, 6) is 0.411. The molecule has 1 N–H and O–H groups in total. The number of nitriles is 1. The van der Waals surface area contributed by atoms with E-state index in [0.717, 1.165) is 42.5 Å². The normalized spacial score (nSPS) is 13.4. The average molecular weight is 532 g/mol. The maximum atomic E-state index is 12.8. The first-order valence-electron chi connectivity index (χ1n) is 12.2. The Morgan fingerprint density at radius 1 is 1.16 bits per heavy atom. The molecule has 1 amide bonds. The Balaban J connectivity index is 1.28. The zero-order chi connectivity index (χ0) is 26.9. The number of benzene rings is 2. The molecule has 4 rings (SSSR count). The Labute approximate surface area is 226 Å². The number of aromatic nitrogens is 2. The highest BCUT2D eigenvalue weighted by molar-refractivity contribution is 7.97. The summed E-state index contributed by atoms with van der Waals surface area (Å²) in [7, 11) is 1.88. The molecule has 3 aromatic rings. The number of amides is 1. The van der Waals surface area contributed by atoms with Gasteiger partial charge < -0.3 is 19.9 Å². The lowest BCUT2D eigenvalue weighted by molar-refractivity contribution is -0.128. The summed E-state index contributed by atoms with van der Waals surface area (Å²) >= 11 is 1.67. The molecule has 0 saturated carbocycles. The zero-order valence-electron chi connectivity index (χ0n) is 21.3. The molecule has 2 aromatic carbocycles. The molecule has 0 unspecified atom stereocenters. The van der Waals surface area contributed by atoms with E-state index in [1.807, 2.05) is 61.3 Å². The molecule has 0 atom stereocenters. The highest BCUT2D eigenvalue weighted by Crippen LogP contribution is 2.26. The number of ether oxygens (including phenoxy) is 1.